The van der Waals surface area contributed by atoms with Crippen LogP contribution in [0.25, 0.3) is 0 Å². The topological polar surface area (TPSA) is 27.7 Å². The fraction of sp³-hybridized carbons (Fsp3) is 0.600. The molecule has 1 aromatic rings. The molecule has 0 atom stereocenters. The van der Waals surface area contributed by atoms with Gasteiger partial charge in [0.2, 0.25) is 0 Å². The summed E-state index contributed by atoms with van der Waals surface area (Å²) in [5.74, 6) is 0.868. The molecule has 1 aromatic carbocycles. The number of benzene rings is 1. The second-order valence-electron chi connectivity index (χ2n) is 4.78. The Morgan fingerprint density at radius 3 is 2.33 bits per heavy atom. The van der Waals surface area contributed by atoms with Crippen molar-refractivity contribution in [2.45, 2.75) is 46.5 Å². The van der Waals surface area contributed by atoms with Gasteiger partial charge in [0.15, 0.2) is 0 Å². The number of hydrogen-bond donors (Lipinski definition) is 0. The minimum atomic E-state index is 0.244. The molecule has 0 bridgehead atoms. The van der Waals surface area contributed by atoms with Gasteiger partial charge in [-0.1, -0.05) is 12.1 Å². The Labute approximate surface area is 110 Å². The second-order valence-corrected chi connectivity index (χ2v) is 4.78. The minimum absolute atomic E-state index is 0.244. The lowest BCUT2D eigenvalue weighted by molar-refractivity contribution is 0.0548. The monoisotopic (exact) mass is 252 g/mol. The normalized spacial score (nSPS) is 11.2. The molecule has 0 unspecified atom stereocenters. The van der Waals surface area contributed by atoms with Crippen LogP contribution in [0.4, 0.5) is 0 Å². The number of rotatable bonds is 8. The van der Waals surface area contributed by atoms with Crippen LogP contribution in [0, 0.1) is 0 Å². The SMILES string of the molecule is CC(C)OCCOc1cccc(COC(C)C)c1. The first-order chi connectivity index (χ1) is 8.58. The summed E-state index contributed by atoms with van der Waals surface area (Å²) in [6, 6.07) is 7.99. The highest BCUT2D eigenvalue weighted by molar-refractivity contribution is 5.28. The van der Waals surface area contributed by atoms with Gasteiger partial charge in [-0.3, -0.25) is 0 Å². The van der Waals surface area contributed by atoms with Gasteiger partial charge in [0.25, 0.3) is 0 Å². The molecule has 0 saturated carbocycles. The van der Waals surface area contributed by atoms with Crippen molar-refractivity contribution in [3.63, 3.8) is 0 Å². The Balaban J connectivity index is 2.34. The molecule has 3 nitrogen and oxygen atoms in total. The van der Waals surface area contributed by atoms with Crippen LogP contribution in [0.15, 0.2) is 24.3 Å². The van der Waals surface area contributed by atoms with E-state index < -0.39 is 0 Å². The fourth-order valence-corrected chi connectivity index (χ4v) is 1.43. The molecule has 3 heteroatoms. The van der Waals surface area contributed by atoms with Crippen molar-refractivity contribution in [1.82, 2.24) is 0 Å². The van der Waals surface area contributed by atoms with Crippen molar-refractivity contribution in [3.8, 4) is 5.75 Å². The molecule has 0 spiro atoms. The van der Waals surface area contributed by atoms with Gasteiger partial charge in [-0.25, -0.2) is 0 Å². The quantitative estimate of drug-likeness (QED) is 0.663. The Morgan fingerprint density at radius 1 is 0.944 bits per heavy atom. The van der Waals surface area contributed by atoms with Gasteiger partial charge in [0, 0.05) is 0 Å². The van der Waals surface area contributed by atoms with Gasteiger partial charge in [-0.2, -0.15) is 0 Å². The molecule has 0 radical (unpaired) electrons. The highest BCUT2D eigenvalue weighted by atomic mass is 16.5. The molecule has 0 fully saturated rings. The summed E-state index contributed by atoms with van der Waals surface area (Å²) >= 11 is 0. The van der Waals surface area contributed by atoms with E-state index >= 15 is 0 Å². The molecule has 18 heavy (non-hydrogen) atoms. The van der Waals surface area contributed by atoms with E-state index in [9.17, 15) is 0 Å². The fourth-order valence-electron chi connectivity index (χ4n) is 1.43. The van der Waals surface area contributed by atoms with E-state index in [0.717, 1.165) is 11.3 Å². The molecule has 1 rings (SSSR count). The van der Waals surface area contributed by atoms with Crippen LogP contribution in [0.5, 0.6) is 5.75 Å². The maximum atomic E-state index is 5.62. The van der Waals surface area contributed by atoms with Crippen molar-refractivity contribution >= 4 is 0 Å². The van der Waals surface area contributed by atoms with E-state index in [4.69, 9.17) is 14.2 Å². The molecular weight excluding hydrogens is 228 g/mol. The third kappa shape index (κ3) is 6.62. The van der Waals surface area contributed by atoms with E-state index in [1.165, 1.54) is 0 Å². The molecular formula is C15H24O3. The van der Waals surface area contributed by atoms with Crippen LogP contribution in [0.1, 0.15) is 33.3 Å². The van der Waals surface area contributed by atoms with Crippen molar-refractivity contribution < 1.29 is 14.2 Å². The van der Waals surface area contributed by atoms with Gasteiger partial charge >= 0.3 is 0 Å². The molecule has 0 aromatic heterocycles. The first-order valence-electron chi connectivity index (χ1n) is 6.53. The molecule has 0 saturated heterocycles. The Bertz CT molecular complexity index is 334. The van der Waals surface area contributed by atoms with Crippen LogP contribution in [-0.4, -0.2) is 25.4 Å². The van der Waals surface area contributed by atoms with Crippen LogP contribution in [0.3, 0.4) is 0 Å². The zero-order valence-corrected chi connectivity index (χ0v) is 11.8. The third-order valence-corrected chi connectivity index (χ3v) is 2.29. The van der Waals surface area contributed by atoms with Gasteiger partial charge in [-0.05, 0) is 45.4 Å². The van der Waals surface area contributed by atoms with Crippen LogP contribution in [0.2, 0.25) is 0 Å². The predicted molar refractivity (Wildman–Crippen MR) is 73.0 cm³/mol. The smallest absolute Gasteiger partial charge is 0.119 e. The Kier molecular flexibility index (Phi) is 6.76. The summed E-state index contributed by atoms with van der Waals surface area (Å²) in [5, 5.41) is 0. The van der Waals surface area contributed by atoms with Crippen LogP contribution in [-0.2, 0) is 16.1 Å². The molecule has 102 valence electrons. The largest absolute Gasteiger partial charge is 0.491 e. The second kappa shape index (κ2) is 8.11. The molecule has 0 aliphatic heterocycles. The lowest BCUT2D eigenvalue weighted by atomic mass is 10.2. The summed E-state index contributed by atoms with van der Waals surface area (Å²) in [7, 11) is 0. The summed E-state index contributed by atoms with van der Waals surface area (Å²) in [5.41, 5.74) is 1.13. The van der Waals surface area contributed by atoms with Crippen LogP contribution < -0.4 is 4.74 Å². The zero-order chi connectivity index (χ0) is 13.4. The predicted octanol–water partition coefficient (Wildman–Crippen LogP) is 3.42. The standard InChI is InChI=1S/C15H24O3/c1-12(2)16-8-9-17-15-7-5-6-14(10-15)11-18-13(3)4/h5-7,10,12-13H,8-9,11H2,1-4H3. The molecule has 0 aliphatic rings. The van der Waals surface area contributed by atoms with Gasteiger partial charge in [0.05, 0.1) is 25.4 Å². The first kappa shape index (κ1) is 15.0. The van der Waals surface area contributed by atoms with Gasteiger partial charge in [0.1, 0.15) is 12.4 Å². The van der Waals surface area contributed by atoms with Crippen molar-refractivity contribution in [2.75, 3.05) is 13.2 Å². The van der Waals surface area contributed by atoms with Crippen molar-refractivity contribution in [3.05, 3.63) is 29.8 Å². The average Bonchev–Trinajstić information content (AvgIpc) is 2.32. The lowest BCUT2D eigenvalue weighted by Crippen LogP contribution is -2.11. The summed E-state index contributed by atoms with van der Waals surface area (Å²) in [6.45, 7) is 9.91. The van der Waals surface area contributed by atoms with E-state index in [-0.39, 0.29) is 12.2 Å². The Morgan fingerprint density at radius 2 is 1.67 bits per heavy atom. The summed E-state index contributed by atoms with van der Waals surface area (Å²) < 4.78 is 16.6. The third-order valence-electron chi connectivity index (χ3n) is 2.29. The summed E-state index contributed by atoms with van der Waals surface area (Å²) in [6.07, 6.45) is 0.494. The van der Waals surface area contributed by atoms with E-state index in [2.05, 4.69) is 0 Å². The van der Waals surface area contributed by atoms with Gasteiger partial charge < -0.3 is 14.2 Å². The van der Waals surface area contributed by atoms with E-state index in [1.54, 1.807) is 0 Å². The average molecular weight is 252 g/mol. The maximum Gasteiger partial charge on any atom is 0.119 e. The lowest BCUT2D eigenvalue weighted by Gasteiger charge is -2.11. The van der Waals surface area contributed by atoms with E-state index in [0.29, 0.717) is 19.8 Å². The molecule has 0 aliphatic carbocycles. The Hall–Kier alpha value is -1.06. The van der Waals surface area contributed by atoms with Gasteiger partial charge in [-0.15, -0.1) is 0 Å². The number of hydrogen-bond acceptors (Lipinski definition) is 3. The number of ether oxygens (including phenoxy) is 3. The molecule has 0 amide bonds. The minimum Gasteiger partial charge on any atom is -0.491 e. The van der Waals surface area contributed by atoms with Crippen LogP contribution >= 0.6 is 0 Å². The maximum absolute atomic E-state index is 5.62. The summed E-state index contributed by atoms with van der Waals surface area (Å²) in [4.78, 5) is 0. The molecule has 0 N–H and O–H groups in total. The van der Waals surface area contributed by atoms with E-state index in [1.807, 2.05) is 52.0 Å². The highest BCUT2D eigenvalue weighted by Crippen LogP contribution is 2.14. The first-order valence-corrected chi connectivity index (χ1v) is 6.53. The van der Waals surface area contributed by atoms with Crippen molar-refractivity contribution in [1.29, 1.82) is 0 Å². The zero-order valence-electron chi connectivity index (χ0n) is 11.8. The molecule has 0 heterocycles. The highest BCUT2D eigenvalue weighted by Gasteiger charge is 2.00. The van der Waals surface area contributed by atoms with Crippen molar-refractivity contribution in [2.24, 2.45) is 0 Å².